The van der Waals surface area contributed by atoms with Crippen LogP contribution >= 0.6 is 15.9 Å². The molecule has 8 heteroatoms. The third-order valence-electron chi connectivity index (χ3n) is 2.46. The van der Waals surface area contributed by atoms with E-state index < -0.39 is 17.6 Å². The van der Waals surface area contributed by atoms with Crippen molar-refractivity contribution in [1.82, 2.24) is 9.97 Å². The fourth-order valence-electron chi connectivity index (χ4n) is 1.56. The molecule has 0 bridgehead atoms. The second-order valence-electron chi connectivity index (χ2n) is 3.87. The molecular formula is C12H8BrF4N3. The number of nitrogens with one attached hydrogen (secondary N) is 1. The van der Waals surface area contributed by atoms with Crippen LogP contribution in [-0.2, 0) is 6.18 Å². The molecule has 20 heavy (non-hydrogen) atoms. The number of halogens is 5. The highest BCUT2D eigenvalue weighted by Gasteiger charge is 2.31. The first kappa shape index (κ1) is 14.7. The van der Waals surface area contributed by atoms with Crippen LogP contribution in [0.15, 0.2) is 28.9 Å². The van der Waals surface area contributed by atoms with Gasteiger partial charge in [0.1, 0.15) is 11.6 Å². The Labute approximate surface area is 120 Å². The average Bonchev–Trinajstić information content (AvgIpc) is 2.37. The molecular weight excluding hydrogens is 342 g/mol. The van der Waals surface area contributed by atoms with Crippen molar-refractivity contribution in [2.75, 3.05) is 12.4 Å². The Hall–Kier alpha value is -1.70. The van der Waals surface area contributed by atoms with Crippen molar-refractivity contribution in [2.45, 2.75) is 6.18 Å². The summed E-state index contributed by atoms with van der Waals surface area (Å²) in [6, 6.07) is 2.20. The van der Waals surface area contributed by atoms with Gasteiger partial charge in [-0.3, -0.25) is 0 Å². The van der Waals surface area contributed by atoms with E-state index in [-0.39, 0.29) is 11.4 Å². The number of rotatable bonds is 2. The van der Waals surface area contributed by atoms with Gasteiger partial charge in [0.2, 0.25) is 0 Å². The van der Waals surface area contributed by atoms with Crippen LogP contribution in [0.4, 0.5) is 23.4 Å². The first-order valence-electron chi connectivity index (χ1n) is 5.39. The Bertz CT molecular complexity index is 643. The molecule has 106 valence electrons. The number of hydrogen-bond donors (Lipinski definition) is 1. The van der Waals surface area contributed by atoms with Crippen molar-refractivity contribution >= 4 is 21.7 Å². The van der Waals surface area contributed by atoms with E-state index in [0.29, 0.717) is 16.4 Å². The second-order valence-corrected chi connectivity index (χ2v) is 4.72. The van der Waals surface area contributed by atoms with Crippen LogP contribution in [0, 0.1) is 5.82 Å². The molecule has 0 aliphatic heterocycles. The Morgan fingerprint density at radius 2 is 1.90 bits per heavy atom. The molecule has 2 aromatic rings. The van der Waals surface area contributed by atoms with Gasteiger partial charge in [0.05, 0.1) is 10.0 Å². The Balaban J connectivity index is 2.55. The van der Waals surface area contributed by atoms with Gasteiger partial charge in [-0.05, 0) is 34.1 Å². The largest absolute Gasteiger partial charge is 0.416 e. The first-order valence-corrected chi connectivity index (χ1v) is 6.19. The maximum atomic E-state index is 13.3. The number of hydrogen-bond acceptors (Lipinski definition) is 3. The van der Waals surface area contributed by atoms with E-state index >= 15 is 0 Å². The predicted octanol–water partition coefficient (Wildman–Crippen LogP) is 4.11. The standard InChI is InChI=1S/C12H8BrF4N3/c1-18-11-9(13)5-19-10(20-11)6-2-7(12(15,16)17)4-8(14)3-6/h2-5H,1H3,(H,18,19,20). The second kappa shape index (κ2) is 5.35. The van der Waals surface area contributed by atoms with Crippen molar-refractivity contribution < 1.29 is 17.6 Å². The molecule has 0 aliphatic carbocycles. The monoisotopic (exact) mass is 349 g/mol. The van der Waals surface area contributed by atoms with Crippen molar-refractivity contribution in [2.24, 2.45) is 0 Å². The van der Waals surface area contributed by atoms with Gasteiger partial charge in [0.25, 0.3) is 0 Å². The number of aromatic nitrogens is 2. The maximum absolute atomic E-state index is 13.3. The van der Waals surface area contributed by atoms with E-state index in [1.807, 2.05) is 0 Å². The molecule has 0 fully saturated rings. The minimum absolute atomic E-state index is 0.00236. The van der Waals surface area contributed by atoms with Crippen LogP contribution in [0.25, 0.3) is 11.4 Å². The van der Waals surface area contributed by atoms with E-state index in [2.05, 4.69) is 31.2 Å². The minimum atomic E-state index is -4.63. The summed E-state index contributed by atoms with van der Waals surface area (Å²) in [5, 5.41) is 2.75. The van der Waals surface area contributed by atoms with Gasteiger partial charge in [-0.15, -0.1) is 0 Å². The highest BCUT2D eigenvalue weighted by Crippen LogP contribution is 2.33. The number of alkyl halides is 3. The van der Waals surface area contributed by atoms with Gasteiger partial charge in [-0.25, -0.2) is 14.4 Å². The van der Waals surface area contributed by atoms with Gasteiger partial charge in [0.15, 0.2) is 5.82 Å². The van der Waals surface area contributed by atoms with E-state index in [0.717, 1.165) is 12.1 Å². The van der Waals surface area contributed by atoms with E-state index in [9.17, 15) is 17.6 Å². The molecule has 1 N–H and O–H groups in total. The lowest BCUT2D eigenvalue weighted by Gasteiger charge is -2.10. The minimum Gasteiger partial charge on any atom is -0.372 e. The highest BCUT2D eigenvalue weighted by molar-refractivity contribution is 9.10. The van der Waals surface area contributed by atoms with Crippen molar-refractivity contribution in [3.63, 3.8) is 0 Å². The molecule has 2 rings (SSSR count). The molecule has 0 atom stereocenters. The molecule has 0 amide bonds. The Kier molecular flexibility index (Phi) is 3.94. The van der Waals surface area contributed by atoms with Crippen LogP contribution in [0.1, 0.15) is 5.56 Å². The third kappa shape index (κ3) is 3.06. The lowest BCUT2D eigenvalue weighted by atomic mass is 10.1. The fourth-order valence-corrected chi connectivity index (χ4v) is 1.95. The van der Waals surface area contributed by atoms with Crippen LogP contribution in [-0.4, -0.2) is 17.0 Å². The van der Waals surface area contributed by atoms with E-state index in [1.165, 1.54) is 6.20 Å². The summed E-state index contributed by atoms with van der Waals surface area (Å²) in [5.74, 6) is -0.595. The van der Waals surface area contributed by atoms with Crippen molar-refractivity contribution in [3.8, 4) is 11.4 Å². The molecule has 0 spiro atoms. The molecule has 0 saturated carbocycles. The SMILES string of the molecule is CNc1nc(-c2cc(F)cc(C(F)(F)F)c2)ncc1Br. The number of benzene rings is 1. The molecule has 0 aliphatic rings. The summed E-state index contributed by atoms with van der Waals surface area (Å²) in [6.45, 7) is 0. The molecule has 1 heterocycles. The lowest BCUT2D eigenvalue weighted by molar-refractivity contribution is -0.137. The van der Waals surface area contributed by atoms with E-state index in [4.69, 9.17) is 0 Å². The van der Waals surface area contributed by atoms with Crippen LogP contribution in [0.5, 0.6) is 0 Å². The molecule has 3 nitrogen and oxygen atoms in total. The van der Waals surface area contributed by atoms with Gasteiger partial charge in [0, 0.05) is 18.8 Å². The fraction of sp³-hybridized carbons (Fsp3) is 0.167. The van der Waals surface area contributed by atoms with Crippen LogP contribution in [0.3, 0.4) is 0 Å². The van der Waals surface area contributed by atoms with Crippen molar-refractivity contribution in [1.29, 1.82) is 0 Å². The van der Waals surface area contributed by atoms with Gasteiger partial charge in [-0.1, -0.05) is 0 Å². The van der Waals surface area contributed by atoms with Gasteiger partial charge >= 0.3 is 6.18 Å². The summed E-state index contributed by atoms with van der Waals surface area (Å²) in [4.78, 5) is 7.91. The molecule has 0 saturated heterocycles. The third-order valence-corrected chi connectivity index (χ3v) is 3.04. The van der Waals surface area contributed by atoms with Gasteiger partial charge in [-0.2, -0.15) is 13.2 Å². The summed E-state index contributed by atoms with van der Waals surface area (Å²) in [7, 11) is 1.60. The Morgan fingerprint density at radius 1 is 1.20 bits per heavy atom. The quantitative estimate of drug-likeness (QED) is 0.829. The molecule has 1 aromatic heterocycles. The van der Waals surface area contributed by atoms with Crippen LogP contribution in [0.2, 0.25) is 0 Å². The lowest BCUT2D eigenvalue weighted by Crippen LogP contribution is -2.06. The molecule has 0 radical (unpaired) electrons. The zero-order valence-electron chi connectivity index (χ0n) is 10.1. The molecule has 0 unspecified atom stereocenters. The smallest absolute Gasteiger partial charge is 0.372 e. The summed E-state index contributed by atoms with van der Waals surface area (Å²) >= 11 is 3.18. The van der Waals surface area contributed by atoms with Crippen LogP contribution < -0.4 is 5.32 Å². The highest BCUT2D eigenvalue weighted by atomic mass is 79.9. The molecule has 1 aromatic carbocycles. The maximum Gasteiger partial charge on any atom is 0.416 e. The average molecular weight is 350 g/mol. The van der Waals surface area contributed by atoms with Crippen molar-refractivity contribution in [3.05, 3.63) is 40.2 Å². The zero-order chi connectivity index (χ0) is 14.9. The summed E-state index contributed by atoms with van der Waals surface area (Å²) < 4.78 is 51.8. The summed E-state index contributed by atoms with van der Waals surface area (Å²) in [6.07, 6.45) is -3.25. The predicted molar refractivity (Wildman–Crippen MR) is 69.7 cm³/mol. The summed E-state index contributed by atoms with van der Waals surface area (Å²) in [5.41, 5.74) is -1.12. The topological polar surface area (TPSA) is 37.8 Å². The Morgan fingerprint density at radius 3 is 2.50 bits per heavy atom. The number of anilines is 1. The zero-order valence-corrected chi connectivity index (χ0v) is 11.7. The first-order chi connectivity index (χ1) is 9.31. The van der Waals surface area contributed by atoms with E-state index in [1.54, 1.807) is 7.05 Å². The van der Waals surface area contributed by atoms with Gasteiger partial charge < -0.3 is 5.32 Å². The number of nitrogens with zero attached hydrogens (tertiary/aromatic N) is 2. The normalized spacial score (nSPS) is 11.5.